The zero-order valence-electron chi connectivity index (χ0n) is 8.50. The van der Waals surface area contributed by atoms with Crippen molar-refractivity contribution in [1.29, 1.82) is 0 Å². The van der Waals surface area contributed by atoms with E-state index in [-0.39, 0.29) is 18.0 Å². The van der Waals surface area contributed by atoms with E-state index >= 15 is 0 Å². The zero-order valence-corrected chi connectivity index (χ0v) is 8.50. The van der Waals surface area contributed by atoms with Crippen LogP contribution in [-0.4, -0.2) is 31.3 Å². The Morgan fingerprint density at radius 3 is 2.75 bits per heavy atom. The van der Waals surface area contributed by atoms with Crippen LogP contribution < -0.4 is 14.2 Å². The SMILES string of the molecule is COc1ccc(OC=O)c(OCC(=O)O)c1. The molecule has 0 radical (unpaired) electrons. The van der Waals surface area contributed by atoms with E-state index < -0.39 is 12.6 Å². The summed E-state index contributed by atoms with van der Waals surface area (Å²) in [6.07, 6.45) is 0. The average molecular weight is 226 g/mol. The highest BCUT2D eigenvalue weighted by Crippen LogP contribution is 2.31. The van der Waals surface area contributed by atoms with E-state index in [9.17, 15) is 9.59 Å². The molecule has 6 heteroatoms. The van der Waals surface area contributed by atoms with E-state index in [2.05, 4.69) is 4.74 Å². The molecule has 0 fully saturated rings. The summed E-state index contributed by atoms with van der Waals surface area (Å²) in [5, 5.41) is 8.46. The van der Waals surface area contributed by atoms with E-state index in [0.717, 1.165) is 0 Å². The Bertz CT molecular complexity index is 387. The van der Waals surface area contributed by atoms with Gasteiger partial charge in [-0.1, -0.05) is 0 Å². The standard InChI is InChI=1S/C10H10O6/c1-14-7-2-3-8(16-6-11)9(4-7)15-5-10(12)13/h2-4,6H,5H2,1H3,(H,12,13). The first-order valence-electron chi connectivity index (χ1n) is 4.30. The Hall–Kier alpha value is -2.24. The Morgan fingerprint density at radius 2 is 2.19 bits per heavy atom. The molecule has 1 aromatic carbocycles. The molecule has 6 nitrogen and oxygen atoms in total. The average Bonchev–Trinajstić information content (AvgIpc) is 2.28. The fourth-order valence-electron chi connectivity index (χ4n) is 1.02. The molecule has 0 aliphatic heterocycles. The molecule has 0 heterocycles. The van der Waals surface area contributed by atoms with Gasteiger partial charge in [-0.15, -0.1) is 0 Å². The Balaban J connectivity index is 2.90. The smallest absolute Gasteiger partial charge is 0.341 e. The lowest BCUT2D eigenvalue weighted by Gasteiger charge is -2.09. The molecular formula is C10H10O6. The summed E-state index contributed by atoms with van der Waals surface area (Å²) < 4.78 is 14.5. The third-order valence-electron chi connectivity index (χ3n) is 1.68. The molecular weight excluding hydrogens is 216 g/mol. The first-order valence-corrected chi connectivity index (χ1v) is 4.30. The molecule has 0 unspecified atom stereocenters. The molecule has 1 N–H and O–H groups in total. The lowest BCUT2D eigenvalue weighted by molar-refractivity contribution is -0.139. The summed E-state index contributed by atoms with van der Waals surface area (Å²) in [5.74, 6) is -0.385. The number of hydrogen-bond donors (Lipinski definition) is 1. The van der Waals surface area contributed by atoms with Crippen LogP contribution in [-0.2, 0) is 9.59 Å². The number of ether oxygens (including phenoxy) is 3. The fraction of sp³-hybridized carbons (Fsp3) is 0.200. The summed E-state index contributed by atoms with van der Waals surface area (Å²) in [7, 11) is 1.45. The van der Waals surface area contributed by atoms with Crippen molar-refractivity contribution in [2.75, 3.05) is 13.7 Å². The number of rotatable bonds is 6. The van der Waals surface area contributed by atoms with Gasteiger partial charge in [-0.3, -0.25) is 4.79 Å². The van der Waals surface area contributed by atoms with Gasteiger partial charge in [-0.05, 0) is 12.1 Å². The Kier molecular flexibility index (Phi) is 4.14. The van der Waals surface area contributed by atoms with E-state index in [0.29, 0.717) is 5.75 Å². The Labute approximate surface area is 91.3 Å². The molecule has 0 saturated carbocycles. The van der Waals surface area contributed by atoms with Crippen molar-refractivity contribution in [3.63, 3.8) is 0 Å². The van der Waals surface area contributed by atoms with Crippen molar-refractivity contribution < 1.29 is 28.9 Å². The summed E-state index contributed by atoms with van der Waals surface area (Å²) in [5.41, 5.74) is 0. The number of benzene rings is 1. The van der Waals surface area contributed by atoms with E-state index in [1.807, 2.05) is 0 Å². The van der Waals surface area contributed by atoms with Crippen LogP contribution in [0.1, 0.15) is 0 Å². The third kappa shape index (κ3) is 3.16. The van der Waals surface area contributed by atoms with Crippen molar-refractivity contribution in [2.45, 2.75) is 0 Å². The molecule has 1 aromatic rings. The van der Waals surface area contributed by atoms with Crippen molar-refractivity contribution >= 4 is 12.4 Å². The van der Waals surface area contributed by atoms with Crippen LogP contribution in [0.2, 0.25) is 0 Å². The lowest BCUT2D eigenvalue weighted by Crippen LogP contribution is -2.10. The first-order chi connectivity index (χ1) is 7.67. The quantitative estimate of drug-likeness (QED) is 0.719. The number of aliphatic carboxylic acids is 1. The van der Waals surface area contributed by atoms with E-state index in [1.165, 1.54) is 19.2 Å². The van der Waals surface area contributed by atoms with Gasteiger partial charge >= 0.3 is 5.97 Å². The van der Waals surface area contributed by atoms with Crippen LogP contribution in [0.5, 0.6) is 17.2 Å². The molecule has 0 aromatic heterocycles. The maximum Gasteiger partial charge on any atom is 0.341 e. The second-order valence-corrected chi connectivity index (χ2v) is 2.71. The summed E-state index contributed by atoms with van der Waals surface area (Å²) in [4.78, 5) is 20.5. The Morgan fingerprint density at radius 1 is 1.44 bits per heavy atom. The third-order valence-corrected chi connectivity index (χ3v) is 1.68. The maximum absolute atomic E-state index is 10.3. The van der Waals surface area contributed by atoms with Crippen LogP contribution in [0.25, 0.3) is 0 Å². The largest absolute Gasteiger partial charge is 0.497 e. The second kappa shape index (κ2) is 5.59. The summed E-state index contributed by atoms with van der Waals surface area (Å²) in [6.45, 7) is -0.294. The van der Waals surface area contributed by atoms with Crippen LogP contribution in [0.3, 0.4) is 0 Å². The molecule has 1 rings (SSSR count). The number of carbonyl (C=O) groups excluding carboxylic acids is 1. The molecule has 0 amide bonds. The number of carboxylic acid groups (broad SMARTS) is 1. The molecule has 16 heavy (non-hydrogen) atoms. The lowest BCUT2D eigenvalue weighted by atomic mass is 10.3. The van der Waals surface area contributed by atoms with Gasteiger partial charge in [-0.2, -0.15) is 0 Å². The molecule has 0 aliphatic carbocycles. The molecule has 0 saturated heterocycles. The topological polar surface area (TPSA) is 82.1 Å². The van der Waals surface area contributed by atoms with Gasteiger partial charge in [0, 0.05) is 6.07 Å². The van der Waals surface area contributed by atoms with Gasteiger partial charge in [0.1, 0.15) is 5.75 Å². The molecule has 0 atom stereocenters. The van der Waals surface area contributed by atoms with Gasteiger partial charge in [0.2, 0.25) is 0 Å². The number of methoxy groups -OCH3 is 1. The van der Waals surface area contributed by atoms with Crippen molar-refractivity contribution in [1.82, 2.24) is 0 Å². The predicted molar refractivity (Wildman–Crippen MR) is 52.8 cm³/mol. The van der Waals surface area contributed by atoms with Gasteiger partial charge in [0.05, 0.1) is 7.11 Å². The highest BCUT2D eigenvalue weighted by atomic mass is 16.6. The minimum absolute atomic E-state index is 0.133. The van der Waals surface area contributed by atoms with E-state index in [1.54, 1.807) is 6.07 Å². The van der Waals surface area contributed by atoms with Gasteiger partial charge in [0.15, 0.2) is 18.1 Å². The normalized spacial score (nSPS) is 9.31. The molecule has 0 spiro atoms. The zero-order chi connectivity index (χ0) is 12.0. The van der Waals surface area contributed by atoms with Gasteiger partial charge in [0.25, 0.3) is 6.47 Å². The van der Waals surface area contributed by atoms with Crippen molar-refractivity contribution in [3.05, 3.63) is 18.2 Å². The van der Waals surface area contributed by atoms with Crippen molar-refractivity contribution in [3.8, 4) is 17.2 Å². The fourth-order valence-corrected chi connectivity index (χ4v) is 1.02. The number of carbonyl (C=O) groups is 2. The summed E-state index contributed by atoms with van der Waals surface area (Å²) >= 11 is 0. The maximum atomic E-state index is 10.3. The molecule has 0 aliphatic rings. The summed E-state index contributed by atoms with van der Waals surface area (Å²) in [6, 6.07) is 4.44. The van der Waals surface area contributed by atoms with Gasteiger partial charge in [-0.25, -0.2) is 4.79 Å². The number of carboxylic acids is 1. The highest BCUT2D eigenvalue weighted by molar-refractivity contribution is 5.68. The van der Waals surface area contributed by atoms with Crippen LogP contribution in [0.15, 0.2) is 18.2 Å². The van der Waals surface area contributed by atoms with Crippen LogP contribution in [0.4, 0.5) is 0 Å². The second-order valence-electron chi connectivity index (χ2n) is 2.71. The molecule has 86 valence electrons. The minimum atomic E-state index is -1.13. The molecule has 0 bridgehead atoms. The predicted octanol–water partition coefficient (Wildman–Crippen LogP) is 0.694. The van der Waals surface area contributed by atoms with Crippen molar-refractivity contribution in [2.24, 2.45) is 0 Å². The van der Waals surface area contributed by atoms with E-state index in [4.69, 9.17) is 14.6 Å². The van der Waals surface area contributed by atoms with Crippen LogP contribution in [0, 0.1) is 0 Å². The monoisotopic (exact) mass is 226 g/mol. The number of hydrogen-bond acceptors (Lipinski definition) is 5. The highest BCUT2D eigenvalue weighted by Gasteiger charge is 2.08. The minimum Gasteiger partial charge on any atom is -0.497 e. The first kappa shape index (κ1) is 11.8. The van der Waals surface area contributed by atoms with Gasteiger partial charge < -0.3 is 19.3 Å². The van der Waals surface area contributed by atoms with Crippen LogP contribution >= 0.6 is 0 Å².